The van der Waals surface area contributed by atoms with Crippen LogP contribution in [0.5, 0.6) is 0 Å². The molecule has 3 rings (SSSR count). The van der Waals surface area contributed by atoms with Gasteiger partial charge in [0.05, 0.1) is 0 Å². The highest BCUT2D eigenvalue weighted by atomic mass is 16.1. The van der Waals surface area contributed by atoms with Crippen molar-refractivity contribution in [1.82, 2.24) is 9.55 Å². The number of nitrogens with zero attached hydrogens (tertiary/aromatic N) is 3. The van der Waals surface area contributed by atoms with Crippen molar-refractivity contribution in [3.63, 3.8) is 0 Å². The van der Waals surface area contributed by atoms with E-state index in [4.69, 9.17) is 5.73 Å². The van der Waals surface area contributed by atoms with E-state index in [2.05, 4.69) is 35.1 Å². The minimum atomic E-state index is -0.372. The molecular formula is C16H20N4O. The summed E-state index contributed by atoms with van der Waals surface area (Å²) in [5, 5.41) is 0. The van der Waals surface area contributed by atoms with Crippen LogP contribution in [-0.4, -0.2) is 29.1 Å². The summed E-state index contributed by atoms with van der Waals surface area (Å²) in [4.78, 5) is 18.0. The van der Waals surface area contributed by atoms with E-state index in [1.54, 1.807) is 13.1 Å². The van der Waals surface area contributed by atoms with Crippen LogP contribution in [0.4, 0.5) is 5.69 Å². The summed E-state index contributed by atoms with van der Waals surface area (Å²) >= 11 is 0. The molecule has 2 aromatic rings. The average molecular weight is 284 g/mol. The number of imidazole rings is 1. The summed E-state index contributed by atoms with van der Waals surface area (Å²) in [5.74, 6) is 0.525. The number of nitrogens with two attached hydrogens (primary N) is 1. The molecule has 1 aliphatic rings. The summed E-state index contributed by atoms with van der Waals surface area (Å²) < 4.78 is 1.85. The molecule has 1 amide bonds. The van der Waals surface area contributed by atoms with Gasteiger partial charge in [-0.25, -0.2) is 4.98 Å². The van der Waals surface area contributed by atoms with Crippen LogP contribution in [0.3, 0.4) is 0 Å². The van der Waals surface area contributed by atoms with Crippen molar-refractivity contribution in [2.45, 2.75) is 25.8 Å². The molecule has 0 bridgehead atoms. The van der Waals surface area contributed by atoms with Gasteiger partial charge in [-0.15, -0.1) is 0 Å². The van der Waals surface area contributed by atoms with Gasteiger partial charge in [0.1, 0.15) is 11.9 Å². The summed E-state index contributed by atoms with van der Waals surface area (Å²) in [6.45, 7) is 2.87. The fraction of sp³-hybridized carbons (Fsp3) is 0.375. The molecule has 110 valence electrons. The zero-order valence-electron chi connectivity index (χ0n) is 12.4. The van der Waals surface area contributed by atoms with Gasteiger partial charge in [-0.05, 0) is 30.5 Å². The number of anilines is 1. The molecule has 0 saturated carbocycles. The van der Waals surface area contributed by atoms with Crippen molar-refractivity contribution in [2.24, 2.45) is 5.73 Å². The number of benzene rings is 1. The van der Waals surface area contributed by atoms with E-state index in [0.717, 1.165) is 18.8 Å². The molecule has 2 heterocycles. The maximum atomic E-state index is 11.4. The molecule has 0 fully saturated rings. The third kappa shape index (κ3) is 2.51. The predicted octanol–water partition coefficient (Wildman–Crippen LogP) is 1.51. The third-order valence-electron chi connectivity index (χ3n) is 4.21. The van der Waals surface area contributed by atoms with Crippen molar-refractivity contribution in [1.29, 1.82) is 0 Å². The van der Waals surface area contributed by atoms with Crippen molar-refractivity contribution in [3.8, 4) is 0 Å². The first-order chi connectivity index (χ1) is 10.1. The number of likely N-dealkylation sites (N-methyl/N-ethyl adjacent to an activating group) is 1. The molecule has 0 aliphatic carbocycles. The lowest BCUT2D eigenvalue weighted by Gasteiger charge is -2.14. The molecule has 21 heavy (non-hydrogen) atoms. The highest BCUT2D eigenvalue weighted by molar-refractivity contribution is 5.78. The lowest BCUT2D eigenvalue weighted by molar-refractivity contribution is -0.120. The van der Waals surface area contributed by atoms with Gasteiger partial charge in [0.25, 0.3) is 0 Å². The molecular weight excluding hydrogens is 264 g/mol. The molecule has 5 heteroatoms. The zero-order chi connectivity index (χ0) is 15.0. The number of hydrogen-bond acceptors (Lipinski definition) is 3. The highest BCUT2D eigenvalue weighted by Gasteiger charge is 2.18. The number of carbonyl (C=O) groups excluding carboxylic acids is 1. The van der Waals surface area contributed by atoms with E-state index < -0.39 is 0 Å². The maximum absolute atomic E-state index is 11.4. The first-order valence-electron chi connectivity index (χ1n) is 7.20. The molecule has 0 spiro atoms. The summed E-state index contributed by atoms with van der Waals surface area (Å²) in [6, 6.07) is 6.17. The molecule has 1 aromatic carbocycles. The van der Waals surface area contributed by atoms with Gasteiger partial charge in [0.15, 0.2) is 0 Å². The van der Waals surface area contributed by atoms with Crippen LogP contribution < -0.4 is 10.6 Å². The van der Waals surface area contributed by atoms with Gasteiger partial charge in [-0.2, -0.15) is 0 Å². The highest BCUT2D eigenvalue weighted by Crippen LogP contribution is 2.28. The SMILES string of the molecule is CC(C(N)=O)n1ccnc1Cc1ccc2c(c1)CCN2C. The largest absolute Gasteiger partial charge is 0.374 e. The van der Waals surface area contributed by atoms with Crippen LogP contribution in [0.25, 0.3) is 0 Å². The van der Waals surface area contributed by atoms with E-state index in [0.29, 0.717) is 6.42 Å². The van der Waals surface area contributed by atoms with E-state index in [-0.39, 0.29) is 11.9 Å². The second-order valence-corrected chi connectivity index (χ2v) is 5.64. The second kappa shape index (κ2) is 5.24. The monoisotopic (exact) mass is 284 g/mol. The number of hydrogen-bond donors (Lipinski definition) is 1. The molecule has 1 unspecified atom stereocenters. The normalized spacial score (nSPS) is 15.0. The Morgan fingerprint density at radius 1 is 1.48 bits per heavy atom. The van der Waals surface area contributed by atoms with Gasteiger partial charge < -0.3 is 15.2 Å². The Balaban J connectivity index is 1.85. The van der Waals surface area contributed by atoms with Crippen molar-refractivity contribution in [2.75, 3.05) is 18.5 Å². The summed E-state index contributed by atoms with van der Waals surface area (Å²) in [7, 11) is 2.12. The average Bonchev–Trinajstić information content (AvgIpc) is 3.05. The number of aromatic nitrogens is 2. The molecule has 1 aliphatic heterocycles. The van der Waals surface area contributed by atoms with E-state index >= 15 is 0 Å². The van der Waals surface area contributed by atoms with Crippen LogP contribution in [0, 0.1) is 0 Å². The lowest BCUT2D eigenvalue weighted by Crippen LogP contribution is -2.25. The minimum Gasteiger partial charge on any atom is -0.374 e. The van der Waals surface area contributed by atoms with Crippen molar-refractivity contribution in [3.05, 3.63) is 47.5 Å². The van der Waals surface area contributed by atoms with E-state index in [1.165, 1.54) is 16.8 Å². The lowest BCUT2D eigenvalue weighted by atomic mass is 10.1. The Kier molecular flexibility index (Phi) is 3.41. The van der Waals surface area contributed by atoms with Gasteiger partial charge in [0, 0.05) is 38.1 Å². The van der Waals surface area contributed by atoms with Crippen LogP contribution >= 0.6 is 0 Å². The number of carbonyl (C=O) groups is 1. The van der Waals surface area contributed by atoms with Gasteiger partial charge >= 0.3 is 0 Å². The molecule has 2 N–H and O–H groups in total. The number of fused-ring (bicyclic) bond motifs is 1. The molecule has 5 nitrogen and oxygen atoms in total. The Morgan fingerprint density at radius 3 is 3.05 bits per heavy atom. The first-order valence-corrected chi connectivity index (χ1v) is 7.20. The van der Waals surface area contributed by atoms with E-state index in [9.17, 15) is 4.79 Å². The predicted molar refractivity (Wildman–Crippen MR) is 82.4 cm³/mol. The van der Waals surface area contributed by atoms with Crippen molar-refractivity contribution >= 4 is 11.6 Å². The Bertz CT molecular complexity index is 677. The van der Waals surface area contributed by atoms with Gasteiger partial charge in [-0.3, -0.25) is 4.79 Å². The molecule has 0 saturated heterocycles. The standard InChI is InChI=1S/C16H20N4O/c1-11(16(17)21)20-8-6-18-15(20)10-12-3-4-14-13(9-12)5-7-19(14)2/h3-4,6,8-9,11H,5,7,10H2,1-2H3,(H2,17,21). The van der Waals surface area contributed by atoms with Crippen LogP contribution in [0.2, 0.25) is 0 Å². The molecule has 0 radical (unpaired) electrons. The maximum Gasteiger partial charge on any atom is 0.240 e. The zero-order valence-corrected chi connectivity index (χ0v) is 12.4. The van der Waals surface area contributed by atoms with E-state index in [1.807, 2.05) is 10.8 Å². The van der Waals surface area contributed by atoms with Crippen LogP contribution in [-0.2, 0) is 17.6 Å². The molecule has 1 aromatic heterocycles. The first kappa shape index (κ1) is 13.7. The Morgan fingerprint density at radius 2 is 2.29 bits per heavy atom. The topological polar surface area (TPSA) is 64.2 Å². The summed E-state index contributed by atoms with van der Waals surface area (Å²) in [6.07, 6.45) is 5.33. The quantitative estimate of drug-likeness (QED) is 0.925. The molecule has 1 atom stereocenters. The smallest absolute Gasteiger partial charge is 0.240 e. The Hall–Kier alpha value is -2.30. The van der Waals surface area contributed by atoms with Crippen LogP contribution in [0.15, 0.2) is 30.6 Å². The fourth-order valence-electron chi connectivity index (χ4n) is 2.88. The Labute approximate surface area is 124 Å². The van der Waals surface area contributed by atoms with Crippen molar-refractivity contribution < 1.29 is 4.79 Å². The van der Waals surface area contributed by atoms with Gasteiger partial charge in [0.2, 0.25) is 5.91 Å². The van der Waals surface area contributed by atoms with Gasteiger partial charge in [-0.1, -0.05) is 12.1 Å². The van der Waals surface area contributed by atoms with Crippen LogP contribution in [0.1, 0.15) is 29.9 Å². The number of primary amides is 1. The third-order valence-corrected chi connectivity index (χ3v) is 4.21. The number of amides is 1. The fourth-order valence-corrected chi connectivity index (χ4v) is 2.88. The summed E-state index contributed by atoms with van der Waals surface area (Å²) in [5.41, 5.74) is 9.30. The number of rotatable bonds is 4. The second-order valence-electron chi connectivity index (χ2n) is 5.64. The minimum absolute atomic E-state index is 0.343.